The van der Waals surface area contributed by atoms with Crippen molar-refractivity contribution >= 4 is 11.7 Å². The van der Waals surface area contributed by atoms with Gasteiger partial charge >= 0.3 is 6.03 Å². The lowest BCUT2D eigenvalue weighted by Crippen LogP contribution is -2.30. The molecule has 1 aromatic carbocycles. The Kier molecular flexibility index (Phi) is 6.18. The monoisotopic (exact) mass is 327 g/mol. The van der Waals surface area contributed by atoms with E-state index in [1.807, 2.05) is 38.2 Å². The van der Waals surface area contributed by atoms with Crippen LogP contribution in [0, 0.1) is 13.8 Å². The Morgan fingerprint density at radius 3 is 2.71 bits per heavy atom. The Hall–Kier alpha value is -2.56. The van der Waals surface area contributed by atoms with E-state index in [-0.39, 0.29) is 6.03 Å². The third-order valence-corrected chi connectivity index (χ3v) is 3.90. The van der Waals surface area contributed by atoms with Gasteiger partial charge in [0.1, 0.15) is 5.75 Å². The second-order valence-electron chi connectivity index (χ2n) is 5.79. The molecule has 1 aromatic heterocycles. The minimum Gasteiger partial charge on any atom is -0.496 e. The first-order valence-electron chi connectivity index (χ1n) is 8.17. The van der Waals surface area contributed by atoms with Crippen LogP contribution < -0.4 is 15.4 Å². The highest BCUT2D eigenvalue weighted by Gasteiger charge is 2.06. The molecule has 0 spiro atoms. The predicted molar refractivity (Wildman–Crippen MR) is 96.8 cm³/mol. The van der Waals surface area contributed by atoms with Crippen LogP contribution in [0.2, 0.25) is 0 Å². The zero-order valence-corrected chi connectivity index (χ0v) is 14.8. The van der Waals surface area contributed by atoms with E-state index in [9.17, 15) is 4.79 Å². The van der Waals surface area contributed by atoms with Crippen LogP contribution in [-0.2, 0) is 12.8 Å². The number of hydrogen-bond donors (Lipinski definition) is 2. The molecule has 24 heavy (non-hydrogen) atoms. The highest BCUT2D eigenvalue weighted by molar-refractivity contribution is 5.89. The zero-order chi connectivity index (χ0) is 17.5. The maximum absolute atomic E-state index is 12.0. The molecule has 5 nitrogen and oxygen atoms in total. The molecular formula is C19H25N3O2. The summed E-state index contributed by atoms with van der Waals surface area (Å²) in [5.41, 5.74) is 5.13. The second kappa shape index (κ2) is 8.34. The Balaban J connectivity index is 1.87. The van der Waals surface area contributed by atoms with E-state index in [1.165, 1.54) is 0 Å². The summed E-state index contributed by atoms with van der Waals surface area (Å²) < 4.78 is 5.34. The average molecular weight is 327 g/mol. The molecule has 5 heteroatoms. The number of pyridine rings is 1. The largest absolute Gasteiger partial charge is 0.496 e. The SMILES string of the molecule is CCc1ccc(NC(=O)NCCc2ncc(C)cc2C)cc1OC. The van der Waals surface area contributed by atoms with Crippen LogP contribution in [0.3, 0.4) is 0 Å². The summed E-state index contributed by atoms with van der Waals surface area (Å²) in [5.74, 6) is 0.787. The highest BCUT2D eigenvalue weighted by atomic mass is 16.5. The number of amides is 2. The van der Waals surface area contributed by atoms with Crippen molar-refractivity contribution in [1.82, 2.24) is 10.3 Å². The van der Waals surface area contributed by atoms with Gasteiger partial charge in [-0.05, 0) is 43.0 Å². The van der Waals surface area contributed by atoms with Crippen molar-refractivity contribution in [3.8, 4) is 5.75 Å². The molecule has 2 amide bonds. The summed E-state index contributed by atoms with van der Waals surface area (Å²) in [6.45, 7) is 6.66. The Bertz CT molecular complexity index is 714. The summed E-state index contributed by atoms with van der Waals surface area (Å²) >= 11 is 0. The Morgan fingerprint density at radius 1 is 1.25 bits per heavy atom. The summed E-state index contributed by atoms with van der Waals surface area (Å²) in [5, 5.41) is 5.68. The van der Waals surface area contributed by atoms with Crippen molar-refractivity contribution in [2.75, 3.05) is 19.0 Å². The minimum atomic E-state index is -0.230. The molecule has 0 saturated carbocycles. The predicted octanol–water partition coefficient (Wildman–Crippen LogP) is 3.63. The first kappa shape index (κ1) is 17.8. The third kappa shape index (κ3) is 4.72. The fourth-order valence-electron chi connectivity index (χ4n) is 2.59. The first-order chi connectivity index (χ1) is 11.5. The number of benzene rings is 1. The molecule has 0 unspecified atom stereocenters. The number of nitrogens with zero attached hydrogens (tertiary/aromatic N) is 1. The minimum absolute atomic E-state index is 0.230. The lowest BCUT2D eigenvalue weighted by atomic mass is 10.1. The van der Waals surface area contributed by atoms with Gasteiger partial charge in [0.15, 0.2) is 0 Å². The van der Waals surface area contributed by atoms with Crippen LogP contribution in [0.1, 0.15) is 29.3 Å². The van der Waals surface area contributed by atoms with E-state index in [1.54, 1.807) is 7.11 Å². The molecule has 0 radical (unpaired) electrons. The molecular weight excluding hydrogens is 302 g/mol. The smallest absolute Gasteiger partial charge is 0.319 e. The van der Waals surface area contributed by atoms with Crippen LogP contribution in [0.25, 0.3) is 0 Å². The maximum Gasteiger partial charge on any atom is 0.319 e. The molecule has 2 rings (SSSR count). The maximum atomic E-state index is 12.0. The molecule has 0 atom stereocenters. The fourth-order valence-corrected chi connectivity index (χ4v) is 2.59. The summed E-state index contributed by atoms with van der Waals surface area (Å²) in [7, 11) is 1.63. The number of carbonyl (C=O) groups is 1. The van der Waals surface area contributed by atoms with Gasteiger partial charge in [-0.25, -0.2) is 4.79 Å². The van der Waals surface area contributed by atoms with Crippen LogP contribution >= 0.6 is 0 Å². The average Bonchev–Trinajstić information content (AvgIpc) is 2.56. The van der Waals surface area contributed by atoms with E-state index < -0.39 is 0 Å². The van der Waals surface area contributed by atoms with Gasteiger partial charge in [0.25, 0.3) is 0 Å². The molecule has 2 aromatic rings. The van der Waals surface area contributed by atoms with Crippen LogP contribution in [-0.4, -0.2) is 24.7 Å². The standard InChI is InChI=1S/C19H25N3O2/c1-5-15-6-7-16(11-18(15)24-4)22-19(23)20-9-8-17-14(3)10-13(2)12-21-17/h6-7,10-12H,5,8-9H2,1-4H3,(H2,20,22,23). The summed E-state index contributed by atoms with van der Waals surface area (Å²) in [6, 6.07) is 7.56. The molecule has 0 aliphatic carbocycles. The molecule has 0 aliphatic rings. The van der Waals surface area contributed by atoms with Gasteiger partial charge in [-0.15, -0.1) is 0 Å². The van der Waals surface area contributed by atoms with Crippen LogP contribution in [0.15, 0.2) is 30.5 Å². The number of urea groups is 1. The molecule has 1 heterocycles. The molecule has 128 valence electrons. The van der Waals surface area contributed by atoms with Crippen molar-refractivity contribution < 1.29 is 9.53 Å². The molecule has 0 saturated heterocycles. The van der Waals surface area contributed by atoms with Crippen molar-refractivity contribution in [2.24, 2.45) is 0 Å². The Labute approximate surface area is 143 Å². The lowest BCUT2D eigenvalue weighted by molar-refractivity contribution is 0.252. The number of ether oxygens (including phenoxy) is 1. The quantitative estimate of drug-likeness (QED) is 0.851. The van der Waals surface area contributed by atoms with Gasteiger partial charge in [0.05, 0.1) is 7.11 Å². The van der Waals surface area contributed by atoms with E-state index in [0.717, 1.165) is 34.6 Å². The van der Waals surface area contributed by atoms with Crippen molar-refractivity contribution in [1.29, 1.82) is 0 Å². The lowest BCUT2D eigenvalue weighted by Gasteiger charge is -2.11. The van der Waals surface area contributed by atoms with E-state index in [4.69, 9.17) is 4.74 Å². The first-order valence-corrected chi connectivity index (χ1v) is 8.17. The van der Waals surface area contributed by atoms with Gasteiger partial charge in [0, 0.05) is 36.6 Å². The number of methoxy groups -OCH3 is 1. The number of aryl methyl sites for hydroxylation is 3. The zero-order valence-electron chi connectivity index (χ0n) is 14.8. The topological polar surface area (TPSA) is 63.2 Å². The third-order valence-electron chi connectivity index (χ3n) is 3.90. The molecule has 0 bridgehead atoms. The van der Waals surface area contributed by atoms with Crippen LogP contribution in [0.4, 0.5) is 10.5 Å². The van der Waals surface area contributed by atoms with E-state index >= 15 is 0 Å². The highest BCUT2D eigenvalue weighted by Crippen LogP contribution is 2.23. The number of hydrogen-bond acceptors (Lipinski definition) is 3. The Morgan fingerprint density at radius 2 is 2.04 bits per heavy atom. The summed E-state index contributed by atoms with van der Waals surface area (Å²) in [6.07, 6.45) is 3.44. The fraction of sp³-hybridized carbons (Fsp3) is 0.368. The number of carbonyl (C=O) groups excluding carboxylic acids is 1. The van der Waals surface area contributed by atoms with Crippen molar-refractivity contribution in [2.45, 2.75) is 33.6 Å². The van der Waals surface area contributed by atoms with E-state index in [2.05, 4.69) is 28.6 Å². The van der Waals surface area contributed by atoms with Gasteiger partial charge in [-0.1, -0.05) is 19.1 Å². The molecule has 2 N–H and O–H groups in total. The number of nitrogens with one attached hydrogen (secondary N) is 2. The second-order valence-corrected chi connectivity index (χ2v) is 5.79. The number of aromatic nitrogens is 1. The van der Waals surface area contributed by atoms with Gasteiger partial charge in [-0.2, -0.15) is 0 Å². The van der Waals surface area contributed by atoms with Gasteiger partial charge in [-0.3, -0.25) is 4.98 Å². The molecule has 0 aliphatic heterocycles. The number of rotatable bonds is 6. The molecule has 0 fully saturated rings. The van der Waals surface area contributed by atoms with Crippen molar-refractivity contribution in [3.05, 3.63) is 52.8 Å². The van der Waals surface area contributed by atoms with Crippen LogP contribution in [0.5, 0.6) is 5.75 Å². The normalized spacial score (nSPS) is 10.3. The number of anilines is 1. The van der Waals surface area contributed by atoms with Crippen molar-refractivity contribution in [3.63, 3.8) is 0 Å². The van der Waals surface area contributed by atoms with E-state index in [0.29, 0.717) is 18.7 Å². The summed E-state index contributed by atoms with van der Waals surface area (Å²) in [4.78, 5) is 16.4. The van der Waals surface area contributed by atoms with Gasteiger partial charge < -0.3 is 15.4 Å². The van der Waals surface area contributed by atoms with Gasteiger partial charge in [0.2, 0.25) is 0 Å².